The lowest BCUT2D eigenvalue weighted by atomic mass is 10.2. The molecule has 2 heterocycles. The number of rotatable bonds is 10. The third kappa shape index (κ3) is 5.38. The molecule has 166 valence electrons. The van der Waals surface area contributed by atoms with Gasteiger partial charge in [-0.15, -0.1) is 0 Å². The molecule has 0 atom stereocenters. The summed E-state index contributed by atoms with van der Waals surface area (Å²) in [5, 5.41) is 12.3. The quantitative estimate of drug-likeness (QED) is 0.363. The van der Waals surface area contributed by atoms with Gasteiger partial charge in [0.15, 0.2) is 22.3 Å². The Bertz CT molecular complexity index is 1050. The summed E-state index contributed by atoms with van der Waals surface area (Å²) in [6.45, 7) is 7.08. The van der Waals surface area contributed by atoms with Crippen molar-refractivity contribution < 1.29 is 14.3 Å². The molecule has 3 rings (SSSR count). The average Bonchev–Trinajstić information content (AvgIpc) is 3.16. The monoisotopic (exact) mass is 444 g/mol. The van der Waals surface area contributed by atoms with Crippen molar-refractivity contribution in [1.29, 1.82) is 0 Å². The number of hydrogen-bond donors (Lipinski definition) is 2. The smallest absolute Gasteiger partial charge is 0.251 e. The molecule has 0 unspecified atom stereocenters. The first kappa shape index (κ1) is 22.7. The molecule has 31 heavy (non-hydrogen) atoms. The topological polar surface area (TPSA) is 103 Å². The highest BCUT2D eigenvalue weighted by Gasteiger charge is 2.15. The van der Waals surface area contributed by atoms with Crippen LogP contribution in [0.2, 0.25) is 0 Å². The van der Waals surface area contributed by atoms with Gasteiger partial charge in [-0.3, -0.25) is 4.79 Å². The Labute approximate surface area is 185 Å². The van der Waals surface area contributed by atoms with Crippen molar-refractivity contribution in [3.8, 4) is 11.5 Å². The second kappa shape index (κ2) is 10.3. The lowest BCUT2D eigenvalue weighted by Crippen LogP contribution is -2.27. The maximum Gasteiger partial charge on any atom is 0.251 e. The minimum Gasteiger partial charge on any atom is -0.493 e. The van der Waals surface area contributed by atoms with Crippen molar-refractivity contribution in [2.45, 2.75) is 38.5 Å². The van der Waals surface area contributed by atoms with Crippen molar-refractivity contribution in [2.75, 3.05) is 31.8 Å². The van der Waals surface area contributed by atoms with Crippen LogP contribution in [0, 0.1) is 0 Å². The molecule has 0 bridgehead atoms. The number of ether oxygens (including phenoxy) is 2. The second-order valence-corrected chi connectivity index (χ2v) is 8.25. The van der Waals surface area contributed by atoms with Crippen LogP contribution < -0.4 is 20.1 Å². The zero-order valence-electron chi connectivity index (χ0n) is 18.4. The van der Waals surface area contributed by atoms with Crippen LogP contribution in [0.15, 0.2) is 29.6 Å². The van der Waals surface area contributed by atoms with Gasteiger partial charge in [-0.2, -0.15) is 5.10 Å². The van der Waals surface area contributed by atoms with Crippen LogP contribution in [0.25, 0.3) is 11.0 Å². The van der Waals surface area contributed by atoms with Crippen molar-refractivity contribution >= 4 is 34.5 Å². The highest BCUT2D eigenvalue weighted by Crippen LogP contribution is 2.27. The van der Waals surface area contributed by atoms with Crippen molar-refractivity contribution in [2.24, 2.45) is 0 Å². The minimum absolute atomic E-state index is 0.198. The largest absolute Gasteiger partial charge is 0.493 e. The van der Waals surface area contributed by atoms with Gasteiger partial charge in [0, 0.05) is 18.2 Å². The Hall–Kier alpha value is -3.01. The number of nitrogens with zero attached hydrogens (tertiary/aromatic N) is 4. The maximum atomic E-state index is 12.5. The fraction of sp³-hybridized carbons (Fsp3) is 0.429. The number of benzene rings is 1. The van der Waals surface area contributed by atoms with Gasteiger partial charge in [0.1, 0.15) is 5.82 Å². The average molecular weight is 445 g/mol. The van der Waals surface area contributed by atoms with Crippen LogP contribution in [-0.2, 0) is 6.54 Å². The second-order valence-electron chi connectivity index (χ2n) is 7.02. The van der Waals surface area contributed by atoms with E-state index in [0.717, 1.165) is 22.6 Å². The van der Waals surface area contributed by atoms with Gasteiger partial charge in [-0.1, -0.05) is 18.7 Å². The Kier molecular flexibility index (Phi) is 7.56. The van der Waals surface area contributed by atoms with Gasteiger partial charge in [0.05, 0.1) is 32.3 Å². The summed E-state index contributed by atoms with van der Waals surface area (Å²) < 4.78 is 12.3. The Morgan fingerprint density at radius 1 is 1.19 bits per heavy atom. The summed E-state index contributed by atoms with van der Waals surface area (Å²) in [7, 11) is 3.10. The fourth-order valence-electron chi connectivity index (χ4n) is 3.03. The van der Waals surface area contributed by atoms with Gasteiger partial charge in [0.2, 0.25) is 0 Å². The predicted octanol–water partition coefficient (Wildman–Crippen LogP) is 3.21. The summed E-state index contributed by atoms with van der Waals surface area (Å²) in [6, 6.07) is 5.30. The van der Waals surface area contributed by atoms with Gasteiger partial charge < -0.3 is 20.1 Å². The third-order valence-electron chi connectivity index (χ3n) is 4.43. The van der Waals surface area contributed by atoms with E-state index in [1.54, 1.807) is 47.9 Å². The molecule has 0 saturated heterocycles. The molecule has 0 aliphatic carbocycles. The molecule has 2 aromatic heterocycles. The molecule has 9 nitrogen and oxygen atoms in total. The lowest BCUT2D eigenvalue weighted by Gasteiger charge is -2.12. The van der Waals surface area contributed by atoms with Crippen LogP contribution >= 0.6 is 11.8 Å². The molecule has 0 saturated carbocycles. The summed E-state index contributed by atoms with van der Waals surface area (Å²) in [4.78, 5) is 21.8. The first-order chi connectivity index (χ1) is 15.0. The Morgan fingerprint density at radius 3 is 2.65 bits per heavy atom. The molecule has 1 amide bonds. The number of amides is 1. The molecule has 0 aliphatic heterocycles. The minimum atomic E-state index is -0.198. The van der Waals surface area contributed by atoms with E-state index >= 15 is 0 Å². The SMILES string of the molecule is CCSc1nc(NC(C)C)c2cnn(CCNC(=O)c3ccc(OC)c(OC)c3)c2n1. The van der Waals surface area contributed by atoms with E-state index in [4.69, 9.17) is 9.47 Å². The van der Waals surface area contributed by atoms with Crippen molar-refractivity contribution in [3.05, 3.63) is 30.0 Å². The number of nitrogens with one attached hydrogen (secondary N) is 2. The number of thioether (sulfide) groups is 1. The molecule has 10 heteroatoms. The van der Waals surface area contributed by atoms with Crippen LogP contribution in [0.5, 0.6) is 11.5 Å². The van der Waals surface area contributed by atoms with E-state index < -0.39 is 0 Å². The highest BCUT2D eigenvalue weighted by atomic mass is 32.2. The van der Waals surface area contributed by atoms with E-state index in [1.807, 2.05) is 0 Å². The molecular formula is C21H28N6O3S. The van der Waals surface area contributed by atoms with Crippen molar-refractivity contribution in [1.82, 2.24) is 25.1 Å². The number of fused-ring (bicyclic) bond motifs is 1. The van der Waals surface area contributed by atoms with E-state index in [-0.39, 0.29) is 11.9 Å². The number of methoxy groups -OCH3 is 2. The van der Waals surface area contributed by atoms with Crippen LogP contribution in [0.4, 0.5) is 5.82 Å². The first-order valence-electron chi connectivity index (χ1n) is 10.1. The molecule has 1 aromatic carbocycles. The first-order valence-corrected chi connectivity index (χ1v) is 11.1. The van der Waals surface area contributed by atoms with E-state index in [9.17, 15) is 4.79 Å². The zero-order valence-corrected chi connectivity index (χ0v) is 19.2. The standard InChI is InChI=1S/C21H28N6O3S/c1-6-31-21-25-18(24-13(2)3)15-12-23-27(19(15)26-21)10-9-22-20(28)14-7-8-16(29-4)17(11-14)30-5/h7-8,11-13H,6,9-10H2,1-5H3,(H,22,28)(H,24,25,26). The van der Waals surface area contributed by atoms with E-state index in [1.165, 1.54) is 7.11 Å². The van der Waals surface area contributed by atoms with Gasteiger partial charge in [0.25, 0.3) is 5.91 Å². The maximum absolute atomic E-state index is 12.5. The molecule has 0 aliphatic rings. The molecule has 0 fully saturated rings. The number of aromatic nitrogens is 4. The fourth-order valence-corrected chi connectivity index (χ4v) is 3.60. The molecule has 3 aromatic rings. The molecule has 2 N–H and O–H groups in total. The summed E-state index contributed by atoms with van der Waals surface area (Å²) >= 11 is 1.58. The van der Waals surface area contributed by atoms with Crippen molar-refractivity contribution in [3.63, 3.8) is 0 Å². The number of carbonyl (C=O) groups excluding carboxylic acids is 1. The Morgan fingerprint density at radius 2 is 1.97 bits per heavy atom. The number of carbonyl (C=O) groups is 1. The Balaban J connectivity index is 1.73. The van der Waals surface area contributed by atoms with E-state index in [2.05, 4.69) is 46.5 Å². The summed E-state index contributed by atoms with van der Waals surface area (Å²) in [5.41, 5.74) is 1.24. The van der Waals surface area contributed by atoms with Crippen LogP contribution in [0.1, 0.15) is 31.1 Å². The van der Waals surface area contributed by atoms with Crippen LogP contribution in [-0.4, -0.2) is 58.2 Å². The van der Waals surface area contributed by atoms with E-state index in [0.29, 0.717) is 35.3 Å². The van der Waals surface area contributed by atoms with Gasteiger partial charge in [-0.05, 0) is 37.8 Å². The number of anilines is 1. The predicted molar refractivity (Wildman–Crippen MR) is 122 cm³/mol. The van der Waals surface area contributed by atoms with Gasteiger partial charge >= 0.3 is 0 Å². The number of hydrogen-bond acceptors (Lipinski definition) is 8. The third-order valence-corrected chi connectivity index (χ3v) is 5.16. The lowest BCUT2D eigenvalue weighted by molar-refractivity contribution is 0.0951. The highest BCUT2D eigenvalue weighted by molar-refractivity contribution is 7.99. The summed E-state index contributed by atoms with van der Waals surface area (Å²) in [5.74, 6) is 2.54. The molecule has 0 spiro atoms. The van der Waals surface area contributed by atoms with Crippen LogP contribution in [0.3, 0.4) is 0 Å². The molecular weight excluding hydrogens is 416 g/mol. The van der Waals surface area contributed by atoms with Gasteiger partial charge in [-0.25, -0.2) is 14.6 Å². The molecule has 0 radical (unpaired) electrons. The zero-order chi connectivity index (χ0) is 22.4. The normalized spacial score (nSPS) is 11.0. The summed E-state index contributed by atoms with van der Waals surface area (Å²) in [6.07, 6.45) is 1.76.